The first kappa shape index (κ1) is 15.7. The van der Waals surface area contributed by atoms with Gasteiger partial charge in [-0.15, -0.1) is 0 Å². The molecule has 0 aromatic heterocycles. The van der Waals surface area contributed by atoms with Gasteiger partial charge >= 0.3 is 27.3 Å². The molecule has 0 aliphatic rings. The van der Waals surface area contributed by atoms with E-state index in [9.17, 15) is 0 Å². The van der Waals surface area contributed by atoms with Gasteiger partial charge in [0.2, 0.25) is 0 Å². The van der Waals surface area contributed by atoms with Gasteiger partial charge in [0.05, 0.1) is 0 Å². The van der Waals surface area contributed by atoms with Crippen molar-refractivity contribution in [2.75, 3.05) is 0 Å². The molecule has 4 radical (unpaired) electrons. The fourth-order valence-electron chi connectivity index (χ4n) is 0. The molecule has 0 amide bonds. The quantitative estimate of drug-likeness (QED) is 0.481. The van der Waals surface area contributed by atoms with Crippen LogP contribution in [0.15, 0.2) is 0 Å². The number of rotatable bonds is 0. The summed E-state index contributed by atoms with van der Waals surface area (Å²) in [6.45, 7) is 0. The van der Waals surface area contributed by atoms with Crippen molar-refractivity contribution in [3.8, 4) is 0 Å². The molecule has 0 atom stereocenters. The van der Waals surface area contributed by atoms with Crippen LogP contribution in [0, 0.1) is 0 Å². The molecule has 5 heteroatoms. The first-order chi connectivity index (χ1) is 1.41. The van der Waals surface area contributed by atoms with Crippen LogP contribution in [-0.2, 0) is 6.15 Å². The van der Waals surface area contributed by atoms with Gasteiger partial charge in [-0.3, -0.25) is 0 Å². The van der Waals surface area contributed by atoms with E-state index in [0.717, 1.165) is 0 Å². The van der Waals surface area contributed by atoms with Crippen LogP contribution >= 0.6 is 0 Å². The molecule has 0 saturated carbocycles. The van der Waals surface area contributed by atoms with Crippen LogP contribution in [0.1, 0.15) is 0 Å². The van der Waals surface area contributed by atoms with E-state index in [0.29, 0.717) is 0 Å². The zero-order valence-corrected chi connectivity index (χ0v) is 10.0. The zero-order chi connectivity index (χ0) is 2.71. The molecule has 0 aliphatic heterocycles. The van der Waals surface area contributed by atoms with Crippen LogP contribution in [0.2, 0.25) is 0 Å². The van der Waals surface area contributed by atoms with Crippen molar-refractivity contribution in [3.05, 3.63) is 0 Å². The van der Waals surface area contributed by atoms with E-state index in [1.165, 1.54) is 0 Å². The molecule has 0 spiro atoms. The maximum atomic E-state index is 8.54. The second-order valence-electron chi connectivity index (χ2n) is 0.0833. The van der Waals surface area contributed by atoms with Gasteiger partial charge in [-0.1, -0.05) is 0 Å². The Kier molecular flexibility index (Phi) is 49.5. The third-order valence-electron chi connectivity index (χ3n) is 0. The first-order valence-electron chi connectivity index (χ1n) is 0.408. The Morgan fingerprint density at radius 2 is 1.00 bits per heavy atom. The van der Waals surface area contributed by atoms with Gasteiger partial charge in [-0.25, -0.2) is 0 Å². The summed E-state index contributed by atoms with van der Waals surface area (Å²) >= 11 is -2.27. The van der Waals surface area contributed by atoms with E-state index in [-0.39, 0.29) is 75.5 Å². The van der Waals surface area contributed by atoms with E-state index < -0.39 is 21.1 Å². The molecule has 0 heterocycles. The Balaban J connectivity index is -0.0000000200. The third kappa shape index (κ3) is 19.7. The van der Waals surface area contributed by atoms with Gasteiger partial charge in [0.25, 0.3) is 0 Å². The summed E-state index contributed by atoms with van der Waals surface area (Å²) in [5, 5.41) is 0. The summed E-state index contributed by atoms with van der Waals surface area (Å²) in [6.07, 6.45) is 0. The van der Waals surface area contributed by atoms with Crippen molar-refractivity contribution < 1.29 is 6.15 Å². The average molecular weight is 231 g/mol. The van der Waals surface area contributed by atoms with Gasteiger partial charge in [0.1, 0.15) is 0 Å². The van der Waals surface area contributed by atoms with E-state index in [2.05, 4.69) is 0 Å². The Morgan fingerprint density at radius 1 is 1.00 bits per heavy atom. The van der Waals surface area contributed by atoms with Crippen LogP contribution in [0.3, 0.4) is 0 Å². The molecule has 0 saturated heterocycles. The monoisotopic (exact) mass is 232 g/mol. The van der Waals surface area contributed by atoms with Crippen molar-refractivity contribution in [2.24, 2.45) is 0 Å². The molecule has 0 aliphatic carbocycles. The van der Waals surface area contributed by atoms with E-state index >= 15 is 0 Å². The van der Waals surface area contributed by atoms with Crippen LogP contribution in [-0.4, -0.2) is 96.6 Å². The number of hydrogen-bond donors (Lipinski definition) is 0. The van der Waals surface area contributed by atoms with Crippen molar-refractivity contribution in [3.63, 3.8) is 0 Å². The molecule has 20 valence electrons. The molecule has 5 heavy (non-hydrogen) atoms. The molecular formula is Ca2O2Sn. The Labute approximate surface area is 100 Å². The molecule has 0 aromatic carbocycles. The van der Waals surface area contributed by atoms with Crippen molar-refractivity contribution in [1.82, 2.24) is 0 Å². The van der Waals surface area contributed by atoms with Gasteiger partial charge in [-0.2, -0.15) is 0 Å². The number of hydrogen-bond acceptors (Lipinski definition) is 2. The molecule has 0 fully saturated rings. The molecule has 2 nitrogen and oxygen atoms in total. The first-order valence-corrected chi connectivity index (χ1v) is 2.74. The van der Waals surface area contributed by atoms with Crippen molar-refractivity contribution in [2.45, 2.75) is 0 Å². The normalized spacial score (nSPS) is 1.60. The Hall–Kier alpha value is 2.92. The third-order valence-corrected chi connectivity index (χ3v) is 0. The average Bonchev–Trinajstić information content (AvgIpc) is 0.918. The summed E-state index contributed by atoms with van der Waals surface area (Å²) in [7, 11) is 0. The molecule has 0 bridgehead atoms. The standard InChI is InChI=1S/2Ca.2O.Sn. The maximum absolute atomic E-state index is 8.54. The molecule has 0 rings (SSSR count). The SMILES string of the molecule is [Ca].[Ca].[O]=[Sn]=[O]. The van der Waals surface area contributed by atoms with Gasteiger partial charge in [-0.05, 0) is 0 Å². The minimum atomic E-state index is -2.27. The Morgan fingerprint density at radius 3 is 1.00 bits per heavy atom. The molecule has 0 aromatic rings. The summed E-state index contributed by atoms with van der Waals surface area (Å²) in [4.78, 5) is 0. The van der Waals surface area contributed by atoms with Crippen molar-refractivity contribution in [1.29, 1.82) is 0 Å². The Bertz CT molecular complexity index is 28.6. The predicted molar refractivity (Wildman–Crippen MR) is 18.6 cm³/mol. The fraction of sp³-hybridized carbons (Fsp3) is 0. The van der Waals surface area contributed by atoms with E-state index in [4.69, 9.17) is 6.15 Å². The summed E-state index contributed by atoms with van der Waals surface area (Å²) in [5.41, 5.74) is 0. The van der Waals surface area contributed by atoms with Crippen LogP contribution in [0.4, 0.5) is 0 Å². The second kappa shape index (κ2) is 15.8. The van der Waals surface area contributed by atoms with Crippen molar-refractivity contribution >= 4 is 96.6 Å². The zero-order valence-electron chi connectivity index (χ0n) is 2.73. The predicted octanol–water partition coefficient (Wildman–Crippen LogP) is -1.38. The topological polar surface area (TPSA) is 34.1 Å². The van der Waals surface area contributed by atoms with E-state index in [1.54, 1.807) is 0 Å². The van der Waals surface area contributed by atoms with Crippen LogP contribution < -0.4 is 0 Å². The molecular weight excluding hydrogens is 231 g/mol. The van der Waals surface area contributed by atoms with Gasteiger partial charge < -0.3 is 0 Å². The van der Waals surface area contributed by atoms with Gasteiger partial charge in [0.15, 0.2) is 0 Å². The summed E-state index contributed by atoms with van der Waals surface area (Å²) in [5.74, 6) is 0. The second-order valence-corrected chi connectivity index (χ2v) is 0.559. The summed E-state index contributed by atoms with van der Waals surface area (Å²) < 4.78 is 17.1. The molecule has 0 unspecified atom stereocenters. The summed E-state index contributed by atoms with van der Waals surface area (Å²) in [6, 6.07) is 0. The van der Waals surface area contributed by atoms with Crippen LogP contribution in [0.5, 0.6) is 0 Å². The van der Waals surface area contributed by atoms with Crippen LogP contribution in [0.25, 0.3) is 0 Å². The minimum absolute atomic E-state index is 0. The van der Waals surface area contributed by atoms with E-state index in [1.807, 2.05) is 0 Å². The molecule has 0 N–H and O–H groups in total. The fourth-order valence-corrected chi connectivity index (χ4v) is 0. The van der Waals surface area contributed by atoms with Gasteiger partial charge in [0, 0.05) is 75.5 Å².